The lowest BCUT2D eigenvalue weighted by atomic mass is 10.1. The smallest absolute Gasteiger partial charge is 0.254 e. The Morgan fingerprint density at radius 2 is 1.83 bits per heavy atom. The van der Waals surface area contributed by atoms with Crippen molar-refractivity contribution < 1.29 is 13.2 Å². The van der Waals surface area contributed by atoms with Crippen LogP contribution in [0.3, 0.4) is 0 Å². The molecule has 9 nitrogen and oxygen atoms in total. The lowest BCUT2D eigenvalue weighted by molar-refractivity contribution is 0.222. The number of H-pyrrole nitrogens is 1. The number of hydrogen-bond donors (Lipinski definition) is 1. The lowest BCUT2D eigenvalue weighted by Gasteiger charge is -2.31. The van der Waals surface area contributed by atoms with Crippen LogP contribution in [0.1, 0.15) is 51.8 Å². The minimum absolute atomic E-state index is 0.147. The van der Waals surface area contributed by atoms with Gasteiger partial charge in [0, 0.05) is 38.8 Å². The van der Waals surface area contributed by atoms with Crippen LogP contribution in [0.25, 0.3) is 11.4 Å². The van der Waals surface area contributed by atoms with Crippen molar-refractivity contribution in [3.63, 3.8) is 0 Å². The number of sulfonamides is 1. The quantitative estimate of drug-likeness (QED) is 0.552. The second-order valence-corrected chi connectivity index (χ2v) is 10.0. The zero-order valence-electron chi connectivity index (χ0n) is 22.0. The number of ether oxygens (including phenoxy) is 1. The second-order valence-electron chi connectivity index (χ2n) is 8.11. The maximum atomic E-state index is 13.3. The molecule has 0 saturated carbocycles. The summed E-state index contributed by atoms with van der Waals surface area (Å²) >= 11 is 0. The Balaban J connectivity index is 0.00000210. The molecule has 1 fully saturated rings. The molecule has 1 aliphatic heterocycles. The zero-order chi connectivity index (χ0) is 26.2. The summed E-state index contributed by atoms with van der Waals surface area (Å²) in [5.74, 6) is 0.718. The maximum absolute atomic E-state index is 13.3. The van der Waals surface area contributed by atoms with Crippen LogP contribution in [0.2, 0.25) is 0 Å². The van der Waals surface area contributed by atoms with Gasteiger partial charge >= 0.3 is 0 Å². The number of nitrogens with zero attached hydrogens (tertiary/aromatic N) is 4. The number of piperazine rings is 1. The number of aromatic amines is 1. The van der Waals surface area contributed by atoms with Gasteiger partial charge in [-0.25, -0.2) is 13.4 Å². The van der Waals surface area contributed by atoms with E-state index in [1.165, 1.54) is 4.31 Å². The lowest BCUT2D eigenvalue weighted by Crippen LogP contribution is -2.47. The number of likely N-dealkylation sites (N-methyl/N-ethyl adjacent to an activating group) is 1. The van der Waals surface area contributed by atoms with Gasteiger partial charge in [-0.2, -0.15) is 4.31 Å². The molecule has 194 valence electrons. The Hall–Kier alpha value is -2.56. The van der Waals surface area contributed by atoms with Crippen molar-refractivity contribution >= 4 is 15.7 Å². The summed E-state index contributed by atoms with van der Waals surface area (Å²) in [5, 5.41) is 0. The summed E-state index contributed by atoms with van der Waals surface area (Å²) < 4.78 is 33.9. The SMILES string of the molecule is CC.CCCC(=NC)c1nc(-c2cc(S(=O)(=O)N3CCN(C)CC3)ccc2OCC)[nH]c(=O)c1C. The molecule has 1 aliphatic rings. The molecular formula is C25H39N5O4S. The van der Waals surface area contributed by atoms with E-state index in [-0.39, 0.29) is 16.3 Å². The van der Waals surface area contributed by atoms with Gasteiger partial charge < -0.3 is 14.6 Å². The largest absolute Gasteiger partial charge is 0.493 e. The van der Waals surface area contributed by atoms with Gasteiger partial charge in [0.05, 0.1) is 28.5 Å². The molecule has 0 atom stereocenters. The molecule has 0 spiro atoms. The molecule has 0 bridgehead atoms. The van der Waals surface area contributed by atoms with Crippen molar-refractivity contribution in [3.8, 4) is 17.1 Å². The summed E-state index contributed by atoms with van der Waals surface area (Å²) in [7, 11) is -0.0412. The van der Waals surface area contributed by atoms with E-state index in [0.29, 0.717) is 61.8 Å². The molecular weight excluding hydrogens is 466 g/mol. The average Bonchev–Trinajstić information content (AvgIpc) is 2.86. The van der Waals surface area contributed by atoms with E-state index in [9.17, 15) is 13.2 Å². The van der Waals surface area contributed by atoms with Crippen LogP contribution < -0.4 is 10.3 Å². The fourth-order valence-electron chi connectivity index (χ4n) is 3.83. The normalized spacial score (nSPS) is 15.5. The van der Waals surface area contributed by atoms with Crippen LogP contribution in [0.4, 0.5) is 0 Å². The molecule has 0 amide bonds. The van der Waals surface area contributed by atoms with Gasteiger partial charge in [-0.1, -0.05) is 27.2 Å². The van der Waals surface area contributed by atoms with Gasteiger partial charge in [0.1, 0.15) is 11.6 Å². The van der Waals surface area contributed by atoms with E-state index in [1.807, 2.05) is 34.7 Å². The number of aromatic nitrogens is 2. The van der Waals surface area contributed by atoms with Crippen LogP contribution >= 0.6 is 0 Å². The first-order chi connectivity index (χ1) is 16.7. The fourth-order valence-corrected chi connectivity index (χ4v) is 5.28. The fraction of sp³-hybridized carbons (Fsp3) is 0.560. The average molecular weight is 506 g/mol. The molecule has 1 saturated heterocycles. The predicted molar refractivity (Wildman–Crippen MR) is 141 cm³/mol. The van der Waals surface area contributed by atoms with E-state index < -0.39 is 10.0 Å². The molecule has 2 aromatic rings. The summed E-state index contributed by atoms with van der Waals surface area (Å²) in [6.07, 6.45) is 1.54. The first-order valence-corrected chi connectivity index (χ1v) is 13.7. The summed E-state index contributed by atoms with van der Waals surface area (Å²) in [6.45, 7) is 12.2. The number of rotatable bonds is 8. The van der Waals surface area contributed by atoms with Gasteiger partial charge in [0.25, 0.3) is 5.56 Å². The number of aliphatic imine (C=N–C) groups is 1. The first kappa shape index (κ1) is 28.7. The Bertz CT molecular complexity index is 1180. The highest BCUT2D eigenvalue weighted by molar-refractivity contribution is 7.89. The van der Waals surface area contributed by atoms with Crippen molar-refractivity contribution in [1.82, 2.24) is 19.2 Å². The van der Waals surface area contributed by atoms with Gasteiger partial charge in [0.15, 0.2) is 0 Å². The molecule has 35 heavy (non-hydrogen) atoms. The number of hydrogen-bond acceptors (Lipinski definition) is 7. The van der Waals surface area contributed by atoms with E-state index in [4.69, 9.17) is 9.72 Å². The highest BCUT2D eigenvalue weighted by Gasteiger charge is 2.29. The van der Waals surface area contributed by atoms with Crippen molar-refractivity contribution in [2.75, 3.05) is 46.9 Å². The molecule has 2 heterocycles. The maximum Gasteiger partial charge on any atom is 0.254 e. The Morgan fingerprint density at radius 3 is 2.40 bits per heavy atom. The summed E-state index contributed by atoms with van der Waals surface area (Å²) in [6, 6.07) is 4.71. The predicted octanol–water partition coefficient (Wildman–Crippen LogP) is 3.33. The van der Waals surface area contributed by atoms with Crippen molar-refractivity contribution in [3.05, 3.63) is 39.8 Å². The van der Waals surface area contributed by atoms with Crippen LogP contribution in [-0.2, 0) is 10.0 Å². The van der Waals surface area contributed by atoms with Gasteiger partial charge in [-0.15, -0.1) is 0 Å². The summed E-state index contributed by atoms with van der Waals surface area (Å²) in [5.41, 5.74) is 1.88. The minimum atomic E-state index is -3.70. The van der Waals surface area contributed by atoms with E-state index >= 15 is 0 Å². The van der Waals surface area contributed by atoms with Crippen molar-refractivity contribution in [1.29, 1.82) is 0 Å². The highest BCUT2D eigenvalue weighted by Crippen LogP contribution is 2.32. The molecule has 1 aromatic heterocycles. The van der Waals surface area contributed by atoms with Crippen molar-refractivity contribution in [2.45, 2.75) is 52.4 Å². The Morgan fingerprint density at radius 1 is 1.17 bits per heavy atom. The van der Waals surface area contributed by atoms with Crippen molar-refractivity contribution in [2.24, 2.45) is 4.99 Å². The van der Waals surface area contributed by atoms with E-state index in [1.54, 1.807) is 32.2 Å². The van der Waals surface area contributed by atoms with Gasteiger partial charge in [0.2, 0.25) is 10.0 Å². The summed E-state index contributed by atoms with van der Waals surface area (Å²) in [4.78, 5) is 26.8. The first-order valence-electron chi connectivity index (χ1n) is 12.3. The third-order valence-corrected chi connectivity index (χ3v) is 7.68. The van der Waals surface area contributed by atoms with Gasteiger partial charge in [-0.3, -0.25) is 9.79 Å². The topological polar surface area (TPSA) is 108 Å². The monoisotopic (exact) mass is 505 g/mol. The third-order valence-electron chi connectivity index (χ3n) is 5.79. The molecule has 0 radical (unpaired) electrons. The van der Waals surface area contributed by atoms with Crippen LogP contribution in [0.15, 0.2) is 32.9 Å². The molecule has 0 unspecified atom stereocenters. The standard InChI is InChI=1S/C23H33N5O4S.C2H6/c1-6-8-19(24-4)21-16(3)23(29)26-22(25-21)18-15-17(9-10-20(18)32-7-2)33(30,31)28-13-11-27(5)12-14-28;1-2/h9-10,15H,6-8,11-14H2,1-5H3,(H,25,26,29);1-2H3. The van der Waals surface area contributed by atoms with Crippen LogP contribution in [0.5, 0.6) is 5.75 Å². The molecule has 10 heteroatoms. The van der Waals surface area contributed by atoms with Crippen LogP contribution in [0, 0.1) is 6.92 Å². The Kier molecular flexibility index (Phi) is 10.6. The van der Waals surface area contributed by atoms with E-state index in [2.05, 4.69) is 14.9 Å². The highest BCUT2D eigenvalue weighted by atomic mass is 32.2. The molecule has 3 rings (SSSR count). The molecule has 1 aromatic carbocycles. The number of nitrogens with one attached hydrogen (secondary N) is 1. The molecule has 1 N–H and O–H groups in total. The van der Waals surface area contributed by atoms with E-state index in [0.717, 1.165) is 12.1 Å². The Labute approximate surface area is 209 Å². The second kappa shape index (κ2) is 12.9. The van der Waals surface area contributed by atoms with Crippen LogP contribution in [-0.4, -0.2) is 80.2 Å². The third kappa shape index (κ3) is 6.56. The zero-order valence-corrected chi connectivity index (χ0v) is 22.8. The van der Waals surface area contributed by atoms with Gasteiger partial charge in [-0.05, 0) is 45.5 Å². The minimum Gasteiger partial charge on any atom is -0.493 e. The number of benzene rings is 1. The molecule has 0 aliphatic carbocycles.